The van der Waals surface area contributed by atoms with E-state index >= 15 is 0 Å². The molecule has 1 amide bonds. The van der Waals surface area contributed by atoms with Crippen molar-refractivity contribution in [1.29, 1.82) is 0 Å². The summed E-state index contributed by atoms with van der Waals surface area (Å²) in [4.78, 5) is 40.3. The molecule has 0 aliphatic rings. The van der Waals surface area contributed by atoms with Crippen LogP contribution < -0.4 is 5.32 Å². The molecule has 3 rings (SSSR count). The number of hydrogen-bond acceptors (Lipinski definition) is 7. The van der Waals surface area contributed by atoms with E-state index in [9.17, 15) is 19.7 Å². The van der Waals surface area contributed by atoms with Gasteiger partial charge in [0, 0.05) is 17.0 Å². The molecule has 2 heterocycles. The molecule has 0 aliphatic heterocycles. The number of thiophene rings is 1. The van der Waals surface area contributed by atoms with Crippen molar-refractivity contribution in [2.45, 2.75) is 6.92 Å². The molecule has 0 fully saturated rings. The Morgan fingerprint density at radius 3 is 2.60 bits per heavy atom. The molecule has 1 N–H and O–H groups in total. The van der Waals surface area contributed by atoms with E-state index in [1.54, 1.807) is 37.3 Å². The zero-order valence-electron chi connectivity index (χ0n) is 16.1. The first kappa shape index (κ1) is 20.9. The summed E-state index contributed by atoms with van der Waals surface area (Å²) in [6.07, 6.45) is 2.65. The quantitative estimate of drug-likeness (QED) is 0.269. The Kier molecular flexibility index (Phi) is 6.33. The van der Waals surface area contributed by atoms with Gasteiger partial charge in [-0.25, -0.2) is 9.78 Å². The van der Waals surface area contributed by atoms with Crippen LogP contribution in [0.5, 0.6) is 0 Å². The van der Waals surface area contributed by atoms with Crippen LogP contribution in [0.1, 0.15) is 22.2 Å². The van der Waals surface area contributed by atoms with Gasteiger partial charge >= 0.3 is 5.97 Å². The molecular weight excluding hydrogens is 406 g/mol. The number of rotatable bonds is 6. The summed E-state index contributed by atoms with van der Waals surface area (Å²) in [5.41, 5.74) is 1.89. The fraction of sp³-hybridized carbons (Fsp3) is 0.0952. The molecule has 0 saturated carbocycles. The summed E-state index contributed by atoms with van der Waals surface area (Å²) < 4.78 is 4.73. The lowest BCUT2D eigenvalue weighted by Crippen LogP contribution is -2.13. The zero-order chi connectivity index (χ0) is 21.7. The van der Waals surface area contributed by atoms with Gasteiger partial charge in [0.2, 0.25) is 5.91 Å². The highest BCUT2D eigenvalue weighted by Gasteiger charge is 2.13. The van der Waals surface area contributed by atoms with Gasteiger partial charge in [0.15, 0.2) is 0 Å². The molecule has 0 unspecified atom stereocenters. The zero-order valence-corrected chi connectivity index (χ0v) is 16.9. The van der Waals surface area contributed by atoms with E-state index in [4.69, 9.17) is 4.74 Å². The van der Waals surface area contributed by atoms with E-state index in [1.807, 2.05) is 12.1 Å². The third kappa shape index (κ3) is 4.76. The normalized spacial score (nSPS) is 11.1. The third-order valence-corrected chi connectivity index (χ3v) is 5.39. The van der Waals surface area contributed by atoms with Crippen LogP contribution >= 0.6 is 11.3 Å². The minimum atomic E-state index is -0.537. The van der Waals surface area contributed by atoms with Gasteiger partial charge in [0.05, 0.1) is 33.9 Å². The number of aromatic nitrogens is 1. The van der Waals surface area contributed by atoms with Crippen molar-refractivity contribution in [2.24, 2.45) is 0 Å². The lowest BCUT2D eigenvalue weighted by Gasteiger charge is -2.08. The molecular formula is C21H17N3O5S. The highest BCUT2D eigenvalue weighted by atomic mass is 32.1. The van der Waals surface area contributed by atoms with Crippen LogP contribution in [0, 0.1) is 10.1 Å². The second-order valence-electron chi connectivity index (χ2n) is 6.18. The Morgan fingerprint density at radius 1 is 1.17 bits per heavy atom. The molecule has 1 aromatic carbocycles. The maximum Gasteiger partial charge on any atom is 0.339 e. The van der Waals surface area contributed by atoms with E-state index in [2.05, 4.69) is 10.3 Å². The van der Waals surface area contributed by atoms with Crippen molar-refractivity contribution in [3.63, 3.8) is 0 Å². The van der Waals surface area contributed by atoms with Gasteiger partial charge in [-0.05, 0) is 42.8 Å². The summed E-state index contributed by atoms with van der Waals surface area (Å²) in [5, 5.41) is 13.4. The first-order chi connectivity index (χ1) is 14.4. The number of carbonyl (C=O) groups excluding carboxylic acids is 2. The highest BCUT2D eigenvalue weighted by molar-refractivity contribution is 7.16. The predicted molar refractivity (Wildman–Crippen MR) is 114 cm³/mol. The molecule has 9 heteroatoms. The second kappa shape index (κ2) is 9.10. The smallest absolute Gasteiger partial charge is 0.339 e. The highest BCUT2D eigenvalue weighted by Crippen LogP contribution is 2.31. The van der Waals surface area contributed by atoms with Gasteiger partial charge in [-0.2, -0.15) is 0 Å². The summed E-state index contributed by atoms with van der Waals surface area (Å²) in [7, 11) is 1.28. The number of nitrogens with zero attached hydrogens (tertiary/aromatic N) is 2. The number of allylic oxidation sites excluding steroid dienone is 1. The number of benzene rings is 1. The molecule has 2 aromatic heterocycles. The predicted octanol–water partition coefficient (Wildman–Crippen LogP) is 4.55. The number of hydrogen-bond donors (Lipinski definition) is 1. The van der Waals surface area contributed by atoms with E-state index in [0.717, 1.165) is 15.3 Å². The van der Waals surface area contributed by atoms with Crippen molar-refractivity contribution >= 4 is 40.2 Å². The number of methoxy groups -OCH3 is 1. The van der Waals surface area contributed by atoms with Crippen LogP contribution in [0.2, 0.25) is 0 Å². The maximum absolute atomic E-state index is 12.4. The van der Waals surface area contributed by atoms with Crippen molar-refractivity contribution in [2.75, 3.05) is 12.4 Å². The number of pyridine rings is 1. The SMILES string of the molecule is COC(=O)c1ccccc1NC(=O)C=C(C)c1ccc(-c2ccc([N+](=O)[O-])cn2)s1. The van der Waals surface area contributed by atoms with Crippen molar-refractivity contribution in [1.82, 2.24) is 4.98 Å². The lowest BCUT2D eigenvalue weighted by molar-refractivity contribution is -0.385. The topological polar surface area (TPSA) is 111 Å². The monoisotopic (exact) mass is 423 g/mol. The Morgan fingerprint density at radius 2 is 1.93 bits per heavy atom. The summed E-state index contributed by atoms with van der Waals surface area (Å²) >= 11 is 1.41. The van der Waals surface area contributed by atoms with Gasteiger partial charge < -0.3 is 10.1 Å². The lowest BCUT2D eigenvalue weighted by atomic mass is 10.1. The number of carbonyl (C=O) groups is 2. The number of nitrogens with one attached hydrogen (secondary N) is 1. The number of ether oxygens (including phenoxy) is 1. The first-order valence-electron chi connectivity index (χ1n) is 8.76. The number of anilines is 1. The van der Waals surface area contributed by atoms with E-state index in [1.165, 1.54) is 36.8 Å². The number of esters is 1. The van der Waals surface area contributed by atoms with Gasteiger partial charge in [-0.1, -0.05) is 12.1 Å². The number of nitro groups is 1. The van der Waals surface area contributed by atoms with Gasteiger partial charge in [0.25, 0.3) is 5.69 Å². The van der Waals surface area contributed by atoms with Gasteiger partial charge in [0.1, 0.15) is 6.20 Å². The minimum absolute atomic E-state index is 0.0736. The maximum atomic E-state index is 12.4. The summed E-state index contributed by atoms with van der Waals surface area (Å²) in [6.45, 7) is 1.80. The van der Waals surface area contributed by atoms with Crippen LogP contribution in [-0.2, 0) is 9.53 Å². The molecule has 8 nitrogen and oxygen atoms in total. The minimum Gasteiger partial charge on any atom is -0.465 e. The van der Waals surface area contributed by atoms with Crippen LogP contribution in [0.4, 0.5) is 11.4 Å². The van der Waals surface area contributed by atoms with Crippen LogP contribution in [0.3, 0.4) is 0 Å². The van der Waals surface area contributed by atoms with E-state index in [-0.39, 0.29) is 17.2 Å². The number of amides is 1. The molecule has 152 valence electrons. The fourth-order valence-corrected chi connectivity index (χ4v) is 3.60. The molecule has 0 radical (unpaired) electrons. The van der Waals surface area contributed by atoms with Gasteiger partial charge in [-0.3, -0.25) is 14.9 Å². The number of para-hydroxylation sites is 1. The van der Waals surface area contributed by atoms with E-state index < -0.39 is 10.9 Å². The average molecular weight is 423 g/mol. The standard InChI is InChI=1S/C21H17N3O5S/c1-13(11-20(25)23-16-6-4-3-5-15(16)21(26)29-2)18-9-10-19(30-18)17-8-7-14(12-22-17)24(27)28/h3-12H,1-2H3,(H,23,25). The Labute approximate surface area is 176 Å². The Hall–Kier alpha value is -3.85. The summed E-state index contributed by atoms with van der Waals surface area (Å²) in [6, 6.07) is 13.3. The van der Waals surface area contributed by atoms with Gasteiger partial charge in [-0.15, -0.1) is 11.3 Å². The van der Waals surface area contributed by atoms with Crippen LogP contribution in [-0.4, -0.2) is 28.9 Å². The molecule has 0 aliphatic carbocycles. The third-order valence-electron chi connectivity index (χ3n) is 4.14. The molecule has 0 bridgehead atoms. The second-order valence-corrected chi connectivity index (χ2v) is 7.26. The summed E-state index contributed by atoms with van der Waals surface area (Å²) in [5.74, 6) is -0.919. The molecule has 30 heavy (non-hydrogen) atoms. The van der Waals surface area contributed by atoms with Crippen molar-refractivity contribution in [3.05, 3.63) is 81.4 Å². The first-order valence-corrected chi connectivity index (χ1v) is 9.58. The van der Waals surface area contributed by atoms with Crippen molar-refractivity contribution < 1.29 is 19.2 Å². The van der Waals surface area contributed by atoms with Crippen LogP contribution in [0.25, 0.3) is 16.1 Å². The molecule has 3 aromatic rings. The van der Waals surface area contributed by atoms with Crippen molar-refractivity contribution in [3.8, 4) is 10.6 Å². The molecule has 0 atom stereocenters. The average Bonchev–Trinajstić information content (AvgIpc) is 3.24. The molecule has 0 spiro atoms. The molecule has 0 saturated heterocycles. The Bertz CT molecular complexity index is 1140. The largest absolute Gasteiger partial charge is 0.465 e. The Balaban J connectivity index is 1.76. The fourth-order valence-electron chi connectivity index (χ4n) is 2.64. The van der Waals surface area contributed by atoms with E-state index in [0.29, 0.717) is 11.4 Å². The van der Waals surface area contributed by atoms with Crippen LogP contribution in [0.15, 0.2) is 60.8 Å².